The fourth-order valence-corrected chi connectivity index (χ4v) is 2.97. The van der Waals surface area contributed by atoms with Gasteiger partial charge in [0.25, 0.3) is 15.9 Å². The maximum atomic E-state index is 12.3. The van der Waals surface area contributed by atoms with Crippen molar-refractivity contribution in [3.05, 3.63) is 72.3 Å². The van der Waals surface area contributed by atoms with Crippen LogP contribution in [0, 0.1) is 11.3 Å². The molecule has 122 valence electrons. The van der Waals surface area contributed by atoms with E-state index < -0.39 is 10.0 Å². The Morgan fingerprint density at radius 2 is 1.92 bits per heavy atom. The van der Waals surface area contributed by atoms with Crippen LogP contribution in [0.5, 0.6) is 0 Å². The molecule has 0 heterocycles. The number of rotatable bonds is 6. The van der Waals surface area contributed by atoms with Crippen molar-refractivity contribution in [3.8, 4) is 6.07 Å². The first kappa shape index (κ1) is 17.2. The summed E-state index contributed by atoms with van der Waals surface area (Å²) < 4.78 is 27.1. The van der Waals surface area contributed by atoms with E-state index in [4.69, 9.17) is 5.26 Å². The van der Waals surface area contributed by atoms with Crippen molar-refractivity contribution in [3.63, 3.8) is 0 Å². The Hall–Kier alpha value is -3.11. The first-order valence-corrected chi connectivity index (χ1v) is 8.47. The zero-order chi connectivity index (χ0) is 17.6. The summed E-state index contributed by atoms with van der Waals surface area (Å²) in [5.74, 6) is -0.312. The zero-order valence-corrected chi connectivity index (χ0v) is 13.5. The molecule has 0 unspecified atom stereocenters. The van der Waals surface area contributed by atoms with Gasteiger partial charge in [0, 0.05) is 12.1 Å². The average Bonchev–Trinajstić information content (AvgIpc) is 2.59. The number of sulfonamides is 1. The molecule has 0 atom stereocenters. The van der Waals surface area contributed by atoms with E-state index in [1.54, 1.807) is 24.3 Å². The molecule has 2 aromatic rings. The van der Waals surface area contributed by atoms with Crippen molar-refractivity contribution in [2.45, 2.75) is 4.90 Å². The molecule has 6 nitrogen and oxygen atoms in total. The van der Waals surface area contributed by atoms with Crippen LogP contribution < -0.4 is 10.0 Å². The predicted octanol–water partition coefficient (Wildman–Crippen LogP) is 2.27. The number of nitriles is 1. The standard InChI is InChI=1S/C17H15N3O3S/c1-2-10-19-17(21)14-6-8-16(9-7-14)24(22,23)20-15-5-3-4-13(11-15)12-18/h2-9,11,20H,1,10H2,(H,19,21). The fourth-order valence-electron chi connectivity index (χ4n) is 1.92. The Labute approximate surface area is 140 Å². The Bertz CT molecular complexity index is 897. The number of nitrogens with zero attached hydrogens (tertiary/aromatic N) is 1. The van der Waals surface area contributed by atoms with E-state index in [2.05, 4.69) is 16.6 Å². The minimum absolute atomic E-state index is 0.0186. The minimum Gasteiger partial charge on any atom is -0.349 e. The lowest BCUT2D eigenvalue weighted by molar-refractivity contribution is 0.0958. The molecular formula is C17H15N3O3S. The highest BCUT2D eigenvalue weighted by atomic mass is 32.2. The molecule has 2 aromatic carbocycles. The molecule has 0 aliphatic rings. The van der Waals surface area contributed by atoms with E-state index in [1.165, 1.54) is 30.3 Å². The van der Waals surface area contributed by atoms with Crippen molar-refractivity contribution >= 4 is 21.6 Å². The van der Waals surface area contributed by atoms with E-state index in [-0.39, 0.29) is 10.8 Å². The van der Waals surface area contributed by atoms with Crippen LogP contribution in [-0.2, 0) is 10.0 Å². The third kappa shape index (κ3) is 4.21. The summed E-state index contributed by atoms with van der Waals surface area (Å²) in [6.45, 7) is 3.83. The van der Waals surface area contributed by atoms with Gasteiger partial charge >= 0.3 is 0 Å². The Morgan fingerprint density at radius 1 is 1.21 bits per heavy atom. The van der Waals surface area contributed by atoms with Crippen molar-refractivity contribution in [1.82, 2.24) is 5.32 Å². The van der Waals surface area contributed by atoms with E-state index in [0.29, 0.717) is 23.4 Å². The number of amides is 1. The third-order valence-electron chi connectivity index (χ3n) is 3.08. The summed E-state index contributed by atoms with van der Waals surface area (Å²) in [6.07, 6.45) is 1.55. The number of anilines is 1. The van der Waals surface area contributed by atoms with E-state index in [0.717, 1.165) is 0 Å². The second-order valence-electron chi connectivity index (χ2n) is 4.82. The van der Waals surface area contributed by atoms with Gasteiger partial charge in [-0.05, 0) is 42.5 Å². The van der Waals surface area contributed by atoms with Gasteiger partial charge in [-0.15, -0.1) is 6.58 Å². The van der Waals surface area contributed by atoms with Crippen LogP contribution in [0.25, 0.3) is 0 Å². The van der Waals surface area contributed by atoms with Crippen LogP contribution >= 0.6 is 0 Å². The smallest absolute Gasteiger partial charge is 0.261 e. The second-order valence-corrected chi connectivity index (χ2v) is 6.50. The molecule has 24 heavy (non-hydrogen) atoms. The van der Waals surface area contributed by atoms with Gasteiger partial charge in [-0.3, -0.25) is 9.52 Å². The van der Waals surface area contributed by atoms with Gasteiger partial charge in [0.1, 0.15) is 0 Å². The molecule has 0 bridgehead atoms. The lowest BCUT2D eigenvalue weighted by Crippen LogP contribution is -2.23. The van der Waals surface area contributed by atoms with Crippen LogP contribution in [0.1, 0.15) is 15.9 Å². The van der Waals surface area contributed by atoms with Gasteiger partial charge in [0.05, 0.1) is 22.2 Å². The van der Waals surface area contributed by atoms with Gasteiger partial charge in [-0.25, -0.2) is 8.42 Å². The van der Waals surface area contributed by atoms with Crippen LogP contribution in [0.15, 0.2) is 66.1 Å². The van der Waals surface area contributed by atoms with Gasteiger partial charge in [0.15, 0.2) is 0 Å². The molecule has 1 amide bonds. The average molecular weight is 341 g/mol. The highest BCUT2D eigenvalue weighted by molar-refractivity contribution is 7.92. The first-order valence-electron chi connectivity index (χ1n) is 6.98. The lowest BCUT2D eigenvalue weighted by Gasteiger charge is -2.09. The SMILES string of the molecule is C=CCNC(=O)c1ccc(S(=O)(=O)Nc2cccc(C#N)c2)cc1. The Kier molecular flexibility index (Phi) is 5.35. The lowest BCUT2D eigenvalue weighted by atomic mass is 10.2. The van der Waals surface area contributed by atoms with Crippen molar-refractivity contribution in [2.24, 2.45) is 0 Å². The highest BCUT2D eigenvalue weighted by Gasteiger charge is 2.15. The summed E-state index contributed by atoms with van der Waals surface area (Å²) >= 11 is 0. The molecule has 0 aromatic heterocycles. The van der Waals surface area contributed by atoms with E-state index >= 15 is 0 Å². The molecule has 0 saturated carbocycles. The summed E-state index contributed by atoms with van der Waals surface area (Å²) in [7, 11) is -3.81. The van der Waals surface area contributed by atoms with Gasteiger partial charge in [-0.1, -0.05) is 12.1 Å². The number of hydrogen-bond donors (Lipinski definition) is 2. The molecule has 2 N–H and O–H groups in total. The molecule has 0 radical (unpaired) electrons. The molecule has 2 rings (SSSR count). The molecule has 0 aliphatic carbocycles. The molecule has 0 fully saturated rings. The van der Waals surface area contributed by atoms with Crippen LogP contribution in [0.2, 0.25) is 0 Å². The third-order valence-corrected chi connectivity index (χ3v) is 4.47. The molecular weight excluding hydrogens is 326 g/mol. The number of benzene rings is 2. The van der Waals surface area contributed by atoms with Gasteiger partial charge < -0.3 is 5.32 Å². The van der Waals surface area contributed by atoms with Crippen molar-refractivity contribution < 1.29 is 13.2 Å². The number of hydrogen-bond acceptors (Lipinski definition) is 4. The maximum absolute atomic E-state index is 12.3. The van der Waals surface area contributed by atoms with Gasteiger partial charge in [-0.2, -0.15) is 5.26 Å². The van der Waals surface area contributed by atoms with E-state index in [1.807, 2.05) is 6.07 Å². The van der Waals surface area contributed by atoms with Crippen LogP contribution in [-0.4, -0.2) is 20.9 Å². The normalized spacial score (nSPS) is 10.5. The summed E-state index contributed by atoms with van der Waals surface area (Å²) in [4.78, 5) is 11.8. The van der Waals surface area contributed by atoms with Crippen LogP contribution in [0.4, 0.5) is 5.69 Å². The Balaban J connectivity index is 2.19. The molecule has 0 saturated heterocycles. The van der Waals surface area contributed by atoms with Crippen LogP contribution in [0.3, 0.4) is 0 Å². The summed E-state index contributed by atoms with van der Waals surface area (Å²) in [6, 6.07) is 13.6. The minimum atomic E-state index is -3.81. The number of nitrogens with one attached hydrogen (secondary N) is 2. The number of carbonyl (C=O) groups excluding carboxylic acids is 1. The maximum Gasteiger partial charge on any atom is 0.261 e. The van der Waals surface area contributed by atoms with Crippen molar-refractivity contribution in [1.29, 1.82) is 5.26 Å². The molecule has 0 aliphatic heterocycles. The monoisotopic (exact) mass is 341 g/mol. The topological polar surface area (TPSA) is 99.1 Å². The largest absolute Gasteiger partial charge is 0.349 e. The van der Waals surface area contributed by atoms with E-state index in [9.17, 15) is 13.2 Å². The second kappa shape index (κ2) is 7.44. The highest BCUT2D eigenvalue weighted by Crippen LogP contribution is 2.17. The molecule has 7 heteroatoms. The quantitative estimate of drug-likeness (QED) is 0.787. The summed E-state index contributed by atoms with van der Waals surface area (Å²) in [5, 5.41) is 11.5. The molecule has 0 spiro atoms. The zero-order valence-electron chi connectivity index (χ0n) is 12.7. The first-order chi connectivity index (χ1) is 11.5. The predicted molar refractivity (Wildman–Crippen MR) is 90.9 cm³/mol. The number of carbonyl (C=O) groups is 1. The Morgan fingerprint density at radius 3 is 2.54 bits per heavy atom. The van der Waals surface area contributed by atoms with Gasteiger partial charge in [0.2, 0.25) is 0 Å². The summed E-state index contributed by atoms with van der Waals surface area (Å²) in [5.41, 5.74) is 0.994. The van der Waals surface area contributed by atoms with Crippen molar-refractivity contribution in [2.75, 3.05) is 11.3 Å². The fraction of sp³-hybridized carbons (Fsp3) is 0.0588.